The molecule has 2 fully saturated rings. The molecular formula is C19H21N7O. The second-order valence-corrected chi connectivity index (χ2v) is 8.10. The highest BCUT2D eigenvalue weighted by molar-refractivity contribution is 5.96. The van der Waals surface area contributed by atoms with Gasteiger partial charge >= 0.3 is 0 Å². The van der Waals surface area contributed by atoms with Gasteiger partial charge in [0.1, 0.15) is 11.3 Å². The van der Waals surface area contributed by atoms with Crippen LogP contribution in [0.2, 0.25) is 0 Å². The van der Waals surface area contributed by atoms with Crippen molar-refractivity contribution in [3.63, 3.8) is 0 Å². The molecule has 2 aliphatic carbocycles. The van der Waals surface area contributed by atoms with Gasteiger partial charge < -0.3 is 14.0 Å². The van der Waals surface area contributed by atoms with Crippen molar-refractivity contribution in [1.82, 2.24) is 34.2 Å². The maximum atomic E-state index is 13.1. The number of carbonyl (C=O) groups is 1. The van der Waals surface area contributed by atoms with Gasteiger partial charge in [0.05, 0.1) is 24.5 Å². The van der Waals surface area contributed by atoms with Gasteiger partial charge in [0, 0.05) is 24.7 Å². The molecule has 6 rings (SSSR count). The predicted molar refractivity (Wildman–Crippen MR) is 97.2 cm³/mol. The van der Waals surface area contributed by atoms with Crippen LogP contribution < -0.4 is 0 Å². The molecule has 1 amide bonds. The normalized spacial score (nSPS) is 22.3. The molecule has 0 spiro atoms. The van der Waals surface area contributed by atoms with Crippen LogP contribution in [-0.4, -0.2) is 46.7 Å². The molecule has 0 N–H and O–H groups in total. The van der Waals surface area contributed by atoms with E-state index in [1.807, 2.05) is 17.3 Å². The van der Waals surface area contributed by atoms with Crippen LogP contribution in [0.15, 0.2) is 18.6 Å². The Kier molecular flexibility index (Phi) is 3.04. The van der Waals surface area contributed by atoms with E-state index in [1.165, 1.54) is 25.7 Å². The summed E-state index contributed by atoms with van der Waals surface area (Å²) in [7, 11) is 0. The third kappa shape index (κ3) is 2.39. The zero-order chi connectivity index (χ0) is 18.1. The van der Waals surface area contributed by atoms with Crippen molar-refractivity contribution in [1.29, 1.82) is 0 Å². The minimum absolute atomic E-state index is 0.0144. The van der Waals surface area contributed by atoms with Gasteiger partial charge in [0.25, 0.3) is 5.91 Å². The van der Waals surface area contributed by atoms with Crippen molar-refractivity contribution in [3.8, 4) is 0 Å². The maximum absolute atomic E-state index is 13.1. The fourth-order valence-corrected chi connectivity index (χ4v) is 4.17. The third-order valence-electron chi connectivity index (χ3n) is 5.88. The molecule has 27 heavy (non-hydrogen) atoms. The quantitative estimate of drug-likeness (QED) is 0.714. The van der Waals surface area contributed by atoms with Crippen LogP contribution in [0.5, 0.6) is 0 Å². The molecule has 4 heterocycles. The average Bonchev–Trinajstić information content (AvgIpc) is 3.61. The standard InChI is InChI=1S/C19H21N7O/c1-11-8-24(9-16-22-23-17(26(11)16)12-2-3-12)19(27)13-6-15-18(20-7-13)25(10-21-15)14-4-5-14/h6-7,10-12,14H,2-5,8-9H2,1H3/t11-/m0/s1. The lowest BCUT2D eigenvalue weighted by atomic mass is 10.1. The fourth-order valence-electron chi connectivity index (χ4n) is 4.17. The summed E-state index contributed by atoms with van der Waals surface area (Å²) >= 11 is 0. The molecule has 0 bridgehead atoms. The number of amides is 1. The van der Waals surface area contributed by atoms with Crippen LogP contribution in [0, 0.1) is 0 Å². The number of hydrogen-bond acceptors (Lipinski definition) is 5. The summed E-state index contributed by atoms with van der Waals surface area (Å²) in [6.07, 6.45) is 8.30. The Morgan fingerprint density at radius 2 is 2.00 bits per heavy atom. The molecule has 3 aromatic heterocycles. The highest BCUT2D eigenvalue weighted by Gasteiger charge is 2.36. The Labute approximate surface area is 156 Å². The first-order valence-corrected chi connectivity index (χ1v) is 9.74. The van der Waals surface area contributed by atoms with E-state index in [4.69, 9.17) is 0 Å². The van der Waals surface area contributed by atoms with Crippen LogP contribution in [-0.2, 0) is 6.54 Å². The second-order valence-electron chi connectivity index (χ2n) is 8.10. The van der Waals surface area contributed by atoms with E-state index in [0.29, 0.717) is 30.6 Å². The summed E-state index contributed by atoms with van der Waals surface area (Å²) in [5, 5.41) is 8.75. The molecule has 3 aromatic rings. The summed E-state index contributed by atoms with van der Waals surface area (Å²) in [6.45, 7) is 3.30. The Hall–Kier alpha value is -2.77. The lowest BCUT2D eigenvalue weighted by Gasteiger charge is -2.32. The number of carbonyl (C=O) groups excluding carboxylic acids is 1. The molecule has 2 saturated carbocycles. The number of fused-ring (bicyclic) bond motifs is 2. The number of aromatic nitrogens is 6. The monoisotopic (exact) mass is 363 g/mol. The zero-order valence-corrected chi connectivity index (χ0v) is 15.2. The van der Waals surface area contributed by atoms with Gasteiger partial charge in [-0.05, 0) is 38.7 Å². The van der Waals surface area contributed by atoms with Gasteiger partial charge in [0.2, 0.25) is 0 Å². The van der Waals surface area contributed by atoms with Gasteiger partial charge in [-0.1, -0.05) is 0 Å². The van der Waals surface area contributed by atoms with Crippen molar-refractivity contribution in [2.24, 2.45) is 0 Å². The number of pyridine rings is 1. The Morgan fingerprint density at radius 3 is 2.78 bits per heavy atom. The number of nitrogens with zero attached hydrogens (tertiary/aromatic N) is 7. The van der Waals surface area contributed by atoms with Crippen molar-refractivity contribution >= 4 is 17.1 Å². The first-order chi connectivity index (χ1) is 13.2. The minimum Gasteiger partial charge on any atom is -0.329 e. The van der Waals surface area contributed by atoms with Gasteiger partial charge in [0.15, 0.2) is 11.5 Å². The van der Waals surface area contributed by atoms with E-state index >= 15 is 0 Å². The first-order valence-electron chi connectivity index (χ1n) is 9.74. The topological polar surface area (TPSA) is 81.7 Å². The summed E-state index contributed by atoms with van der Waals surface area (Å²) in [4.78, 5) is 23.9. The zero-order valence-electron chi connectivity index (χ0n) is 15.2. The van der Waals surface area contributed by atoms with Gasteiger partial charge in [-0.3, -0.25) is 4.79 Å². The van der Waals surface area contributed by atoms with Gasteiger partial charge in [-0.25, -0.2) is 9.97 Å². The molecule has 3 aliphatic rings. The van der Waals surface area contributed by atoms with E-state index < -0.39 is 0 Å². The van der Waals surface area contributed by atoms with Crippen LogP contribution >= 0.6 is 0 Å². The van der Waals surface area contributed by atoms with Crippen molar-refractivity contribution in [2.45, 2.75) is 57.2 Å². The largest absolute Gasteiger partial charge is 0.329 e. The molecule has 138 valence electrons. The average molecular weight is 363 g/mol. The van der Waals surface area contributed by atoms with E-state index in [0.717, 1.165) is 22.8 Å². The molecule has 0 radical (unpaired) electrons. The molecule has 0 saturated heterocycles. The molecule has 0 unspecified atom stereocenters. The molecule has 0 aromatic carbocycles. The van der Waals surface area contributed by atoms with Gasteiger partial charge in [-0.2, -0.15) is 0 Å². The van der Waals surface area contributed by atoms with E-state index in [1.54, 1.807) is 6.20 Å². The SMILES string of the molecule is C[C@H]1CN(C(=O)c2cnc3c(c2)ncn3C2CC2)Cc2nnc(C3CC3)n21. The molecule has 8 heteroatoms. The molecule has 1 aliphatic heterocycles. The van der Waals surface area contributed by atoms with Crippen LogP contribution in [0.4, 0.5) is 0 Å². The third-order valence-corrected chi connectivity index (χ3v) is 5.88. The van der Waals surface area contributed by atoms with Crippen LogP contribution in [0.25, 0.3) is 11.2 Å². The number of hydrogen-bond donors (Lipinski definition) is 0. The van der Waals surface area contributed by atoms with E-state index in [-0.39, 0.29) is 11.9 Å². The fraction of sp³-hybridized carbons (Fsp3) is 0.526. The Bertz CT molecular complexity index is 1060. The first kappa shape index (κ1) is 15.3. The highest BCUT2D eigenvalue weighted by atomic mass is 16.2. The lowest BCUT2D eigenvalue weighted by Crippen LogP contribution is -2.40. The maximum Gasteiger partial charge on any atom is 0.255 e. The van der Waals surface area contributed by atoms with Gasteiger partial charge in [-0.15, -0.1) is 10.2 Å². The van der Waals surface area contributed by atoms with Crippen molar-refractivity contribution in [3.05, 3.63) is 35.8 Å². The second kappa shape index (κ2) is 5.37. The highest BCUT2D eigenvalue weighted by Crippen LogP contribution is 2.41. The van der Waals surface area contributed by atoms with E-state index in [2.05, 4.69) is 36.2 Å². The van der Waals surface area contributed by atoms with Crippen LogP contribution in [0.3, 0.4) is 0 Å². The molecule has 1 atom stereocenters. The summed E-state index contributed by atoms with van der Waals surface area (Å²) in [5.74, 6) is 2.53. The molecular weight excluding hydrogens is 342 g/mol. The summed E-state index contributed by atoms with van der Waals surface area (Å²) < 4.78 is 4.36. The summed E-state index contributed by atoms with van der Waals surface area (Å²) in [5.41, 5.74) is 2.25. The summed E-state index contributed by atoms with van der Waals surface area (Å²) in [6, 6.07) is 2.58. The van der Waals surface area contributed by atoms with Crippen molar-refractivity contribution in [2.75, 3.05) is 6.54 Å². The van der Waals surface area contributed by atoms with Crippen molar-refractivity contribution < 1.29 is 4.79 Å². The minimum atomic E-state index is -0.0144. The Balaban J connectivity index is 1.29. The predicted octanol–water partition coefficient (Wildman–Crippen LogP) is 2.45. The number of imidazole rings is 1. The lowest BCUT2D eigenvalue weighted by molar-refractivity contribution is 0.0679. The smallest absolute Gasteiger partial charge is 0.255 e. The van der Waals surface area contributed by atoms with Crippen LogP contribution in [0.1, 0.15) is 72.6 Å². The number of rotatable bonds is 3. The Morgan fingerprint density at radius 1 is 1.15 bits per heavy atom. The van der Waals surface area contributed by atoms with E-state index in [9.17, 15) is 4.79 Å². The molecule has 8 nitrogen and oxygen atoms in total.